The molecule has 1 N–H and O–H groups in total. The maximum atomic E-state index is 12.6. The lowest BCUT2D eigenvalue weighted by molar-refractivity contribution is -0.120. The number of fused-ring (bicyclic) bond motifs is 1. The van der Waals surface area contributed by atoms with Crippen molar-refractivity contribution >= 4 is 23.4 Å². The molecule has 0 unspecified atom stereocenters. The molecule has 23 heavy (non-hydrogen) atoms. The SMILES string of the molecule is CNC(=O)CCc1ccccc1N1C(=O)c2ccccc2C1=O. The first-order chi connectivity index (χ1) is 11.1. The molecule has 0 saturated heterocycles. The number of rotatable bonds is 4. The van der Waals surface area contributed by atoms with Gasteiger partial charge in [-0.25, -0.2) is 4.90 Å². The third-order valence-corrected chi connectivity index (χ3v) is 3.93. The Morgan fingerprint density at radius 1 is 0.957 bits per heavy atom. The van der Waals surface area contributed by atoms with Crippen LogP contribution in [-0.4, -0.2) is 24.8 Å². The van der Waals surface area contributed by atoms with E-state index in [1.807, 2.05) is 12.1 Å². The Morgan fingerprint density at radius 3 is 2.13 bits per heavy atom. The van der Waals surface area contributed by atoms with Crippen molar-refractivity contribution in [3.05, 3.63) is 65.2 Å². The van der Waals surface area contributed by atoms with Crippen LogP contribution in [0.25, 0.3) is 0 Å². The molecule has 0 aromatic heterocycles. The fraction of sp³-hybridized carbons (Fsp3) is 0.167. The molecule has 1 aliphatic rings. The molecule has 3 amide bonds. The van der Waals surface area contributed by atoms with Gasteiger partial charge < -0.3 is 5.32 Å². The van der Waals surface area contributed by atoms with E-state index in [1.165, 1.54) is 4.90 Å². The van der Waals surface area contributed by atoms with Crippen molar-refractivity contribution in [2.45, 2.75) is 12.8 Å². The van der Waals surface area contributed by atoms with Gasteiger partial charge in [0.2, 0.25) is 5.91 Å². The summed E-state index contributed by atoms with van der Waals surface area (Å²) in [4.78, 5) is 37.8. The molecule has 5 heteroatoms. The lowest BCUT2D eigenvalue weighted by Crippen LogP contribution is -2.30. The highest BCUT2D eigenvalue weighted by Crippen LogP contribution is 2.31. The Balaban J connectivity index is 1.96. The highest BCUT2D eigenvalue weighted by Gasteiger charge is 2.37. The average Bonchev–Trinajstić information content (AvgIpc) is 2.84. The maximum absolute atomic E-state index is 12.6. The van der Waals surface area contributed by atoms with E-state index >= 15 is 0 Å². The van der Waals surface area contributed by atoms with E-state index in [4.69, 9.17) is 0 Å². The maximum Gasteiger partial charge on any atom is 0.266 e. The van der Waals surface area contributed by atoms with Crippen molar-refractivity contribution in [1.29, 1.82) is 0 Å². The number of anilines is 1. The van der Waals surface area contributed by atoms with Crippen LogP contribution in [0.4, 0.5) is 5.69 Å². The fourth-order valence-corrected chi connectivity index (χ4v) is 2.72. The minimum Gasteiger partial charge on any atom is -0.359 e. The molecule has 3 rings (SSSR count). The molecular weight excluding hydrogens is 292 g/mol. The monoisotopic (exact) mass is 308 g/mol. The highest BCUT2D eigenvalue weighted by molar-refractivity contribution is 6.34. The molecule has 0 bridgehead atoms. The Kier molecular flexibility index (Phi) is 3.93. The van der Waals surface area contributed by atoms with Crippen molar-refractivity contribution in [1.82, 2.24) is 5.32 Å². The summed E-state index contributed by atoms with van der Waals surface area (Å²) in [5, 5.41) is 2.57. The van der Waals surface area contributed by atoms with E-state index in [9.17, 15) is 14.4 Å². The second-order valence-corrected chi connectivity index (χ2v) is 5.29. The Hall–Kier alpha value is -2.95. The molecule has 0 atom stereocenters. The van der Waals surface area contributed by atoms with Gasteiger partial charge in [-0.3, -0.25) is 14.4 Å². The van der Waals surface area contributed by atoms with Gasteiger partial charge in [-0.05, 0) is 30.2 Å². The van der Waals surface area contributed by atoms with Gasteiger partial charge in [0.1, 0.15) is 0 Å². The van der Waals surface area contributed by atoms with Gasteiger partial charge >= 0.3 is 0 Å². The van der Waals surface area contributed by atoms with Crippen molar-refractivity contribution in [3.8, 4) is 0 Å². The number of benzene rings is 2. The molecule has 0 saturated carbocycles. The summed E-state index contributed by atoms with van der Waals surface area (Å²) in [7, 11) is 1.58. The number of aryl methyl sites for hydroxylation is 1. The first-order valence-corrected chi connectivity index (χ1v) is 7.40. The third kappa shape index (κ3) is 2.61. The lowest BCUT2D eigenvalue weighted by Gasteiger charge is -2.18. The number of carbonyl (C=O) groups excluding carboxylic acids is 3. The third-order valence-electron chi connectivity index (χ3n) is 3.93. The predicted octanol–water partition coefficient (Wildman–Crippen LogP) is 2.17. The molecule has 0 fully saturated rings. The summed E-state index contributed by atoms with van der Waals surface area (Å²) in [6.07, 6.45) is 0.764. The molecule has 0 radical (unpaired) electrons. The van der Waals surface area contributed by atoms with Gasteiger partial charge in [-0.1, -0.05) is 30.3 Å². The molecule has 1 aliphatic heterocycles. The number of imide groups is 1. The zero-order valence-electron chi connectivity index (χ0n) is 12.7. The topological polar surface area (TPSA) is 66.5 Å². The zero-order chi connectivity index (χ0) is 16.4. The second-order valence-electron chi connectivity index (χ2n) is 5.29. The van der Waals surface area contributed by atoms with E-state index in [0.29, 0.717) is 29.7 Å². The van der Waals surface area contributed by atoms with Crippen LogP contribution < -0.4 is 10.2 Å². The van der Waals surface area contributed by atoms with Crippen LogP contribution in [0, 0.1) is 0 Å². The number of nitrogens with zero attached hydrogens (tertiary/aromatic N) is 1. The van der Waals surface area contributed by atoms with Crippen LogP contribution in [0.3, 0.4) is 0 Å². The van der Waals surface area contributed by atoms with Crippen LogP contribution in [-0.2, 0) is 11.2 Å². The molecule has 2 aromatic rings. The zero-order valence-corrected chi connectivity index (χ0v) is 12.7. The van der Waals surface area contributed by atoms with Crippen molar-refractivity contribution in [3.63, 3.8) is 0 Å². The van der Waals surface area contributed by atoms with Crippen LogP contribution >= 0.6 is 0 Å². The van der Waals surface area contributed by atoms with Crippen molar-refractivity contribution in [2.24, 2.45) is 0 Å². The number of carbonyl (C=O) groups is 3. The number of para-hydroxylation sites is 1. The number of hydrogen-bond acceptors (Lipinski definition) is 3. The Labute approximate surface area is 133 Å². The summed E-state index contributed by atoms with van der Waals surface area (Å²) in [5.41, 5.74) is 2.17. The van der Waals surface area contributed by atoms with Gasteiger partial charge in [0.15, 0.2) is 0 Å². The molecule has 0 aliphatic carbocycles. The van der Waals surface area contributed by atoms with E-state index < -0.39 is 0 Å². The largest absolute Gasteiger partial charge is 0.359 e. The van der Waals surface area contributed by atoms with Crippen molar-refractivity contribution < 1.29 is 14.4 Å². The van der Waals surface area contributed by atoms with Crippen LogP contribution in [0.2, 0.25) is 0 Å². The van der Waals surface area contributed by atoms with Gasteiger partial charge in [0, 0.05) is 13.5 Å². The number of nitrogens with one attached hydrogen (secondary N) is 1. The lowest BCUT2D eigenvalue weighted by atomic mass is 10.1. The summed E-state index contributed by atoms with van der Waals surface area (Å²) >= 11 is 0. The molecule has 1 heterocycles. The van der Waals surface area contributed by atoms with E-state index in [2.05, 4.69) is 5.32 Å². The number of amides is 3. The van der Waals surface area contributed by atoms with Crippen LogP contribution in [0.5, 0.6) is 0 Å². The second kappa shape index (κ2) is 6.04. The van der Waals surface area contributed by atoms with E-state index in [1.54, 1.807) is 43.4 Å². The molecular formula is C18H16N2O3. The minimum absolute atomic E-state index is 0.0813. The smallest absolute Gasteiger partial charge is 0.266 e. The molecule has 0 spiro atoms. The van der Waals surface area contributed by atoms with Gasteiger partial charge in [-0.15, -0.1) is 0 Å². The average molecular weight is 308 g/mol. The molecule has 5 nitrogen and oxygen atoms in total. The van der Waals surface area contributed by atoms with Gasteiger partial charge in [0.25, 0.3) is 11.8 Å². The summed E-state index contributed by atoms with van der Waals surface area (Å²) in [6, 6.07) is 14.0. The number of hydrogen-bond donors (Lipinski definition) is 1. The van der Waals surface area contributed by atoms with Crippen LogP contribution in [0.15, 0.2) is 48.5 Å². The van der Waals surface area contributed by atoms with E-state index in [-0.39, 0.29) is 17.7 Å². The summed E-state index contributed by atoms with van der Waals surface area (Å²) < 4.78 is 0. The molecule has 2 aromatic carbocycles. The standard InChI is InChI=1S/C18H16N2O3/c1-19-16(21)11-10-12-6-2-5-9-15(12)20-17(22)13-7-3-4-8-14(13)18(20)23/h2-9H,10-11H2,1H3,(H,19,21). The predicted molar refractivity (Wildman–Crippen MR) is 86.4 cm³/mol. The fourth-order valence-electron chi connectivity index (χ4n) is 2.72. The first-order valence-electron chi connectivity index (χ1n) is 7.40. The Morgan fingerprint density at radius 2 is 1.52 bits per heavy atom. The highest BCUT2D eigenvalue weighted by atomic mass is 16.2. The van der Waals surface area contributed by atoms with Gasteiger partial charge in [0.05, 0.1) is 16.8 Å². The first kappa shape index (κ1) is 15.0. The van der Waals surface area contributed by atoms with Gasteiger partial charge in [-0.2, -0.15) is 0 Å². The van der Waals surface area contributed by atoms with E-state index in [0.717, 1.165) is 5.56 Å². The Bertz CT molecular complexity index is 763. The summed E-state index contributed by atoms with van der Waals surface area (Å²) in [6.45, 7) is 0. The minimum atomic E-state index is -0.321. The summed E-state index contributed by atoms with van der Waals surface area (Å²) in [5.74, 6) is -0.724. The van der Waals surface area contributed by atoms with Crippen LogP contribution in [0.1, 0.15) is 32.7 Å². The molecule has 116 valence electrons. The quantitative estimate of drug-likeness (QED) is 0.880. The van der Waals surface area contributed by atoms with Crippen molar-refractivity contribution in [2.75, 3.05) is 11.9 Å². The normalized spacial score (nSPS) is 13.2.